The number of carbonyl (C=O) groups is 3. The Bertz CT molecular complexity index is 1310. The first kappa shape index (κ1) is 25.5. The van der Waals surface area contributed by atoms with E-state index in [4.69, 9.17) is 5.73 Å². The van der Waals surface area contributed by atoms with E-state index in [2.05, 4.69) is 5.32 Å². The van der Waals surface area contributed by atoms with Crippen molar-refractivity contribution in [3.8, 4) is 0 Å². The minimum absolute atomic E-state index is 0.0290. The molecule has 0 aromatic heterocycles. The third-order valence-electron chi connectivity index (χ3n) is 6.44. The minimum Gasteiger partial charge on any atom is -0.390 e. The summed E-state index contributed by atoms with van der Waals surface area (Å²) in [6.45, 7) is 0.130. The van der Waals surface area contributed by atoms with Gasteiger partial charge in [-0.05, 0) is 23.3 Å². The van der Waals surface area contributed by atoms with Gasteiger partial charge in [-0.25, -0.2) is 8.42 Å². The average Bonchev–Trinajstić information content (AvgIpc) is 2.85. The molecule has 4 unspecified atom stereocenters. The lowest BCUT2D eigenvalue weighted by Crippen LogP contribution is -2.54. The molecule has 3 amide bonds. The molecule has 1 heterocycles. The molecule has 190 valence electrons. The number of nitrogens with one attached hydrogen (secondary N) is 1. The Morgan fingerprint density at radius 1 is 0.972 bits per heavy atom. The van der Waals surface area contributed by atoms with E-state index in [9.17, 15) is 33.0 Å². The van der Waals surface area contributed by atoms with E-state index in [1.165, 1.54) is 35.2 Å². The van der Waals surface area contributed by atoms with Crippen molar-refractivity contribution in [2.75, 3.05) is 5.75 Å². The van der Waals surface area contributed by atoms with E-state index < -0.39 is 57.6 Å². The number of hydrogen-bond donors (Lipinski definition) is 4. The molecule has 0 bridgehead atoms. The van der Waals surface area contributed by atoms with E-state index in [0.717, 1.165) is 11.1 Å². The van der Waals surface area contributed by atoms with Crippen LogP contribution in [-0.2, 0) is 37.2 Å². The minimum atomic E-state index is -3.94. The summed E-state index contributed by atoms with van der Waals surface area (Å²) in [4.78, 5) is 39.4. The normalized spacial score (nSPS) is 23.8. The Hall–Kier alpha value is -3.54. The molecule has 0 radical (unpaired) electrons. The largest absolute Gasteiger partial charge is 0.390 e. The van der Waals surface area contributed by atoms with Gasteiger partial charge in [-0.2, -0.15) is 0 Å². The van der Waals surface area contributed by atoms with Crippen LogP contribution in [0.25, 0.3) is 0 Å². The highest BCUT2D eigenvalue weighted by molar-refractivity contribution is 7.92. The molecule has 4 atom stereocenters. The number of sulfone groups is 1. The lowest BCUT2D eigenvalue weighted by Gasteiger charge is -2.38. The first-order valence-corrected chi connectivity index (χ1v) is 13.0. The Morgan fingerprint density at radius 2 is 1.61 bits per heavy atom. The molecule has 2 aromatic carbocycles. The van der Waals surface area contributed by atoms with Gasteiger partial charge in [-0.15, -0.1) is 0 Å². The van der Waals surface area contributed by atoms with Crippen molar-refractivity contribution in [2.24, 2.45) is 5.73 Å². The molecule has 11 heteroatoms. The third kappa shape index (κ3) is 5.32. The monoisotopic (exact) mass is 513 g/mol. The molecule has 2 aliphatic rings. The first-order chi connectivity index (χ1) is 17.1. The van der Waals surface area contributed by atoms with Crippen molar-refractivity contribution < 1.29 is 33.0 Å². The molecule has 0 fully saturated rings. The maximum absolute atomic E-state index is 13.4. The number of nitrogens with two attached hydrogens (primary N) is 1. The van der Waals surface area contributed by atoms with Gasteiger partial charge >= 0.3 is 0 Å². The van der Waals surface area contributed by atoms with Gasteiger partial charge in [0.05, 0.1) is 17.0 Å². The van der Waals surface area contributed by atoms with E-state index >= 15 is 0 Å². The molecule has 1 aliphatic carbocycles. The van der Waals surface area contributed by atoms with Gasteiger partial charge in [0.15, 0.2) is 9.84 Å². The van der Waals surface area contributed by atoms with Gasteiger partial charge in [-0.3, -0.25) is 14.4 Å². The fraction of sp³-hybridized carbons (Fsp3) is 0.320. The van der Waals surface area contributed by atoms with Gasteiger partial charge in [0.1, 0.15) is 17.9 Å². The predicted octanol–water partition coefficient (Wildman–Crippen LogP) is -0.564. The van der Waals surface area contributed by atoms with Crippen LogP contribution in [0.2, 0.25) is 0 Å². The molecule has 0 saturated heterocycles. The number of amides is 3. The predicted molar refractivity (Wildman–Crippen MR) is 129 cm³/mol. The zero-order valence-corrected chi connectivity index (χ0v) is 20.1. The number of rotatable bonds is 6. The quantitative estimate of drug-likeness (QED) is 0.401. The molecule has 0 saturated carbocycles. The van der Waals surface area contributed by atoms with Crippen LogP contribution >= 0.6 is 0 Å². The van der Waals surface area contributed by atoms with Gasteiger partial charge in [0.25, 0.3) is 5.91 Å². The Morgan fingerprint density at radius 3 is 2.28 bits per heavy atom. The van der Waals surface area contributed by atoms with Crippen LogP contribution in [-0.4, -0.2) is 71.3 Å². The molecule has 36 heavy (non-hydrogen) atoms. The lowest BCUT2D eigenvalue weighted by molar-refractivity contribution is -0.138. The number of fused-ring (bicyclic) bond motifs is 1. The van der Waals surface area contributed by atoms with E-state index in [1.807, 2.05) is 24.3 Å². The number of primary amides is 1. The zero-order valence-electron chi connectivity index (χ0n) is 19.3. The molecule has 1 aliphatic heterocycles. The lowest BCUT2D eigenvalue weighted by atomic mass is 9.88. The second kappa shape index (κ2) is 10.2. The van der Waals surface area contributed by atoms with Crippen LogP contribution in [0, 0.1) is 0 Å². The molecule has 10 nitrogen and oxygen atoms in total. The topological polar surface area (TPSA) is 167 Å². The average molecular weight is 514 g/mol. The molecule has 2 aromatic rings. The third-order valence-corrected chi connectivity index (χ3v) is 8.07. The van der Waals surface area contributed by atoms with Crippen molar-refractivity contribution in [3.05, 3.63) is 77.4 Å². The highest BCUT2D eigenvalue weighted by Crippen LogP contribution is 2.28. The zero-order chi connectivity index (χ0) is 26.0. The first-order valence-electron chi connectivity index (χ1n) is 11.4. The summed E-state index contributed by atoms with van der Waals surface area (Å²) in [5.41, 5.74) is 7.42. The molecule has 5 N–H and O–H groups in total. The summed E-state index contributed by atoms with van der Waals surface area (Å²) >= 11 is 0. The summed E-state index contributed by atoms with van der Waals surface area (Å²) in [7, 11) is -3.94. The Labute approximate surface area is 208 Å². The van der Waals surface area contributed by atoms with Crippen molar-refractivity contribution in [1.29, 1.82) is 0 Å². The summed E-state index contributed by atoms with van der Waals surface area (Å²) in [6, 6.07) is 12.7. The molecular formula is C25H27N3O7S. The van der Waals surface area contributed by atoms with Crippen molar-refractivity contribution >= 4 is 27.6 Å². The van der Waals surface area contributed by atoms with Crippen LogP contribution in [0.1, 0.15) is 17.5 Å². The Kier molecular flexibility index (Phi) is 7.25. The fourth-order valence-corrected chi connectivity index (χ4v) is 5.71. The highest BCUT2D eigenvalue weighted by Gasteiger charge is 2.39. The van der Waals surface area contributed by atoms with Gasteiger partial charge < -0.3 is 26.2 Å². The molecular weight excluding hydrogens is 486 g/mol. The van der Waals surface area contributed by atoms with E-state index in [-0.39, 0.29) is 29.9 Å². The number of benzene rings is 2. The van der Waals surface area contributed by atoms with Gasteiger partial charge in [0.2, 0.25) is 11.8 Å². The second-order valence-corrected chi connectivity index (χ2v) is 10.9. The highest BCUT2D eigenvalue weighted by atomic mass is 32.2. The van der Waals surface area contributed by atoms with Crippen molar-refractivity contribution in [3.63, 3.8) is 0 Å². The maximum Gasteiger partial charge on any atom is 0.250 e. The van der Waals surface area contributed by atoms with Crippen LogP contribution in [0.3, 0.4) is 0 Å². The van der Waals surface area contributed by atoms with Crippen LogP contribution < -0.4 is 11.1 Å². The van der Waals surface area contributed by atoms with Crippen LogP contribution in [0.15, 0.2) is 71.1 Å². The number of carbonyl (C=O) groups excluding carboxylic acids is 3. The second-order valence-electron chi connectivity index (χ2n) is 8.94. The number of aliphatic hydroxyl groups excluding tert-OH is 2. The molecule has 0 spiro atoms. The fourth-order valence-electron chi connectivity index (χ4n) is 4.54. The van der Waals surface area contributed by atoms with Gasteiger partial charge in [-0.1, -0.05) is 48.5 Å². The van der Waals surface area contributed by atoms with Crippen LogP contribution in [0.4, 0.5) is 0 Å². The van der Waals surface area contributed by atoms with Crippen LogP contribution in [0.5, 0.6) is 0 Å². The van der Waals surface area contributed by atoms with Gasteiger partial charge in [0, 0.05) is 25.0 Å². The molecule has 4 rings (SSSR count). The van der Waals surface area contributed by atoms with Crippen molar-refractivity contribution in [1.82, 2.24) is 10.2 Å². The number of nitrogens with zero attached hydrogens (tertiary/aromatic N) is 1. The standard InChI is InChI=1S/C25H27N3O7S/c26-24(32)20-11-15-6-4-5-7-16(15)13-28(20)25(33)17-10-19(23(31)21(29)12-17)27-22(30)14-36(34,35)18-8-2-1-3-9-18/h1-10,19-21,23,29,31H,11-14H2,(H2,26,32)(H,27,30). The van der Waals surface area contributed by atoms with Crippen molar-refractivity contribution in [2.45, 2.75) is 48.6 Å². The number of hydrogen-bond acceptors (Lipinski definition) is 7. The SMILES string of the molecule is NC(=O)C1Cc2ccccc2CN1C(=O)C1=CC(NC(=O)CS(=O)(=O)c2ccccc2)C(O)C(O)C1. The summed E-state index contributed by atoms with van der Waals surface area (Å²) < 4.78 is 25.0. The summed E-state index contributed by atoms with van der Waals surface area (Å²) in [5.74, 6) is -3.01. The summed E-state index contributed by atoms with van der Waals surface area (Å²) in [6.07, 6.45) is -1.52. The van der Waals surface area contributed by atoms with E-state index in [1.54, 1.807) is 6.07 Å². The summed E-state index contributed by atoms with van der Waals surface area (Å²) in [5, 5.41) is 23.2. The number of aliphatic hydroxyl groups is 2. The maximum atomic E-state index is 13.4. The van der Waals surface area contributed by atoms with E-state index in [0.29, 0.717) is 0 Å². The Balaban J connectivity index is 1.54. The smallest absolute Gasteiger partial charge is 0.250 e.